The highest BCUT2D eigenvalue weighted by atomic mass is 35.5. The first-order chi connectivity index (χ1) is 12.3. The molecule has 0 fully saturated rings. The Balaban J connectivity index is 1.82. The molecule has 1 amide bonds. The largest absolute Gasteiger partial charge is 0.506 e. The van der Waals surface area contributed by atoms with Crippen LogP contribution in [0.1, 0.15) is 18.4 Å². The zero-order valence-corrected chi connectivity index (χ0v) is 15.2. The molecule has 138 valence electrons. The molecule has 0 aromatic heterocycles. The number of halogens is 2. The van der Waals surface area contributed by atoms with Crippen LogP contribution in [-0.2, 0) is 16.0 Å². The van der Waals surface area contributed by atoms with E-state index in [0.717, 1.165) is 0 Å². The third-order valence-corrected chi connectivity index (χ3v) is 3.92. The summed E-state index contributed by atoms with van der Waals surface area (Å²) in [5.74, 6) is -0.961. The minimum absolute atomic E-state index is 0.128. The summed E-state index contributed by atoms with van der Waals surface area (Å²) < 4.78 is 5.49. The van der Waals surface area contributed by atoms with Crippen molar-refractivity contribution in [3.8, 4) is 11.5 Å². The summed E-state index contributed by atoms with van der Waals surface area (Å²) in [6.45, 7) is 0.278. The number of hydrogen-bond acceptors (Lipinski definition) is 4. The Morgan fingerprint density at radius 2 is 1.88 bits per heavy atom. The molecule has 6 nitrogen and oxygen atoms in total. The molecule has 0 unspecified atom stereocenters. The van der Waals surface area contributed by atoms with Gasteiger partial charge in [0.05, 0.1) is 23.7 Å². The van der Waals surface area contributed by atoms with Crippen molar-refractivity contribution < 1.29 is 24.5 Å². The van der Waals surface area contributed by atoms with Crippen LogP contribution in [-0.4, -0.2) is 28.7 Å². The second-order valence-electron chi connectivity index (χ2n) is 5.50. The number of aliphatic carboxylic acids is 1. The van der Waals surface area contributed by atoms with E-state index in [-0.39, 0.29) is 36.8 Å². The Labute approximate surface area is 160 Å². The summed E-state index contributed by atoms with van der Waals surface area (Å²) in [7, 11) is 0. The van der Waals surface area contributed by atoms with Gasteiger partial charge < -0.3 is 20.3 Å². The minimum atomic E-state index is -0.994. The molecule has 0 saturated carbocycles. The third-order valence-electron chi connectivity index (χ3n) is 3.39. The molecule has 3 N–H and O–H groups in total. The smallest absolute Gasteiger partial charge is 0.307 e. The number of ether oxygens (including phenoxy) is 1. The first-order valence-corrected chi connectivity index (χ1v) is 8.52. The van der Waals surface area contributed by atoms with E-state index in [2.05, 4.69) is 5.32 Å². The van der Waals surface area contributed by atoms with Gasteiger partial charge in [0.1, 0.15) is 11.5 Å². The number of rotatable bonds is 8. The SMILES string of the molecule is O=C(O)Cc1ccc(O)c(NC(=O)CCCOc2ccc(Cl)cc2Cl)c1. The Morgan fingerprint density at radius 1 is 1.12 bits per heavy atom. The summed E-state index contributed by atoms with van der Waals surface area (Å²) in [5, 5.41) is 22.0. The Hall–Kier alpha value is -2.44. The number of carbonyl (C=O) groups excluding carboxylic acids is 1. The topological polar surface area (TPSA) is 95.9 Å². The van der Waals surface area contributed by atoms with E-state index in [1.807, 2.05) is 0 Å². The van der Waals surface area contributed by atoms with Gasteiger partial charge in [-0.2, -0.15) is 0 Å². The van der Waals surface area contributed by atoms with Gasteiger partial charge in [-0.25, -0.2) is 0 Å². The predicted molar refractivity (Wildman–Crippen MR) is 99.3 cm³/mol. The lowest BCUT2D eigenvalue weighted by Crippen LogP contribution is -2.13. The second-order valence-corrected chi connectivity index (χ2v) is 6.34. The lowest BCUT2D eigenvalue weighted by molar-refractivity contribution is -0.136. The highest BCUT2D eigenvalue weighted by molar-refractivity contribution is 6.35. The zero-order valence-electron chi connectivity index (χ0n) is 13.7. The van der Waals surface area contributed by atoms with E-state index in [1.165, 1.54) is 18.2 Å². The summed E-state index contributed by atoms with van der Waals surface area (Å²) in [6, 6.07) is 9.14. The average molecular weight is 398 g/mol. The number of carboxylic acid groups (broad SMARTS) is 1. The number of hydrogen-bond donors (Lipinski definition) is 3. The average Bonchev–Trinajstić information content (AvgIpc) is 2.56. The number of benzene rings is 2. The van der Waals surface area contributed by atoms with Crippen LogP contribution in [0.25, 0.3) is 0 Å². The molecule has 8 heteroatoms. The monoisotopic (exact) mass is 397 g/mol. The van der Waals surface area contributed by atoms with E-state index in [1.54, 1.807) is 18.2 Å². The summed E-state index contributed by atoms with van der Waals surface area (Å²) in [6.07, 6.45) is 0.396. The second kappa shape index (κ2) is 9.31. The minimum Gasteiger partial charge on any atom is -0.506 e. The fraction of sp³-hybridized carbons (Fsp3) is 0.222. The van der Waals surface area contributed by atoms with Gasteiger partial charge in [0.2, 0.25) is 5.91 Å². The number of phenols is 1. The Kier molecular flexibility index (Phi) is 7.12. The van der Waals surface area contributed by atoms with Gasteiger partial charge in [-0.05, 0) is 42.3 Å². The molecule has 0 aliphatic carbocycles. The maximum atomic E-state index is 12.0. The van der Waals surface area contributed by atoms with Gasteiger partial charge in [-0.1, -0.05) is 29.3 Å². The van der Waals surface area contributed by atoms with E-state index < -0.39 is 5.97 Å². The molecule has 0 atom stereocenters. The maximum Gasteiger partial charge on any atom is 0.307 e. The number of carboxylic acids is 1. The van der Waals surface area contributed by atoms with Gasteiger partial charge in [0, 0.05) is 11.4 Å². The highest BCUT2D eigenvalue weighted by Gasteiger charge is 2.10. The van der Waals surface area contributed by atoms with E-state index >= 15 is 0 Å². The number of amides is 1. The number of aromatic hydroxyl groups is 1. The number of carbonyl (C=O) groups is 2. The fourth-order valence-electron chi connectivity index (χ4n) is 2.19. The number of anilines is 1. The van der Waals surface area contributed by atoms with Crippen molar-refractivity contribution in [3.63, 3.8) is 0 Å². The predicted octanol–water partition coefficient (Wildman–Crippen LogP) is 4.12. The normalized spacial score (nSPS) is 10.4. The lowest BCUT2D eigenvalue weighted by atomic mass is 10.1. The van der Waals surface area contributed by atoms with E-state index in [0.29, 0.717) is 27.8 Å². The van der Waals surface area contributed by atoms with Crippen LogP contribution < -0.4 is 10.1 Å². The number of phenolic OH excluding ortho intramolecular Hbond substituents is 1. The molecule has 0 heterocycles. The van der Waals surface area contributed by atoms with Crippen LogP contribution in [0, 0.1) is 0 Å². The van der Waals surface area contributed by atoms with Crippen molar-refractivity contribution in [3.05, 3.63) is 52.0 Å². The van der Waals surface area contributed by atoms with Gasteiger partial charge in [-0.3, -0.25) is 9.59 Å². The highest BCUT2D eigenvalue weighted by Crippen LogP contribution is 2.28. The third kappa shape index (κ3) is 6.13. The van der Waals surface area contributed by atoms with Crippen molar-refractivity contribution in [2.24, 2.45) is 0 Å². The summed E-state index contributed by atoms with van der Waals surface area (Å²) >= 11 is 11.8. The maximum absolute atomic E-state index is 12.0. The van der Waals surface area contributed by atoms with Gasteiger partial charge in [0.25, 0.3) is 0 Å². The Morgan fingerprint density at radius 3 is 2.58 bits per heavy atom. The quantitative estimate of drug-likeness (QED) is 0.459. The van der Waals surface area contributed by atoms with Crippen LogP contribution in [0.2, 0.25) is 10.0 Å². The van der Waals surface area contributed by atoms with Crippen LogP contribution in [0.5, 0.6) is 11.5 Å². The van der Waals surface area contributed by atoms with Gasteiger partial charge >= 0.3 is 5.97 Å². The molecule has 2 aromatic rings. The van der Waals surface area contributed by atoms with E-state index in [9.17, 15) is 14.7 Å². The first kappa shape index (κ1) is 19.9. The van der Waals surface area contributed by atoms with Gasteiger partial charge in [-0.15, -0.1) is 0 Å². The molecule has 0 saturated heterocycles. The zero-order chi connectivity index (χ0) is 19.1. The van der Waals surface area contributed by atoms with Crippen molar-refractivity contribution in [2.45, 2.75) is 19.3 Å². The van der Waals surface area contributed by atoms with Crippen LogP contribution in [0.3, 0.4) is 0 Å². The van der Waals surface area contributed by atoms with Crippen molar-refractivity contribution in [1.29, 1.82) is 0 Å². The molecule has 2 aromatic carbocycles. The molecule has 0 bridgehead atoms. The Bertz CT molecular complexity index is 810. The molecule has 0 aliphatic rings. The first-order valence-electron chi connectivity index (χ1n) is 7.76. The molecule has 26 heavy (non-hydrogen) atoms. The lowest BCUT2D eigenvalue weighted by Gasteiger charge is -2.10. The molecule has 2 rings (SSSR count). The van der Waals surface area contributed by atoms with E-state index in [4.69, 9.17) is 33.0 Å². The van der Waals surface area contributed by atoms with Crippen molar-refractivity contribution in [1.82, 2.24) is 0 Å². The van der Waals surface area contributed by atoms with Gasteiger partial charge in [0.15, 0.2) is 0 Å². The van der Waals surface area contributed by atoms with Crippen LogP contribution in [0.4, 0.5) is 5.69 Å². The van der Waals surface area contributed by atoms with Crippen molar-refractivity contribution in [2.75, 3.05) is 11.9 Å². The molecular weight excluding hydrogens is 381 g/mol. The molecular formula is C18H17Cl2NO5. The molecule has 0 radical (unpaired) electrons. The van der Waals surface area contributed by atoms with Crippen molar-refractivity contribution >= 4 is 40.8 Å². The molecule has 0 aliphatic heterocycles. The van der Waals surface area contributed by atoms with Crippen LogP contribution in [0.15, 0.2) is 36.4 Å². The van der Waals surface area contributed by atoms with Crippen LogP contribution >= 0.6 is 23.2 Å². The standard InChI is InChI=1S/C18H17Cl2NO5/c19-12-4-6-16(13(20)10-12)26-7-1-2-17(23)21-14-8-11(9-18(24)25)3-5-15(14)22/h3-6,8,10,22H,1-2,7,9H2,(H,21,23)(H,24,25). The summed E-state index contributed by atoms with van der Waals surface area (Å²) in [5.41, 5.74) is 0.654. The fourth-order valence-corrected chi connectivity index (χ4v) is 2.65. The summed E-state index contributed by atoms with van der Waals surface area (Å²) in [4.78, 5) is 22.7. The molecule has 0 spiro atoms. The number of nitrogens with one attached hydrogen (secondary N) is 1.